The molecule has 3 unspecified atom stereocenters. The van der Waals surface area contributed by atoms with Crippen molar-refractivity contribution in [1.29, 1.82) is 0 Å². The molecule has 0 bridgehead atoms. The Morgan fingerprint density at radius 1 is 1.33 bits per heavy atom. The monoisotopic (exact) mass is 251 g/mol. The molecule has 18 heavy (non-hydrogen) atoms. The van der Waals surface area contributed by atoms with Crippen LogP contribution in [0.1, 0.15) is 53.4 Å². The van der Waals surface area contributed by atoms with Crippen molar-refractivity contribution in [3.05, 3.63) is 12.2 Å². The van der Waals surface area contributed by atoms with E-state index in [1.807, 2.05) is 0 Å². The van der Waals surface area contributed by atoms with Crippen molar-refractivity contribution in [2.24, 2.45) is 11.3 Å². The Bertz CT molecular complexity index is 295. The van der Waals surface area contributed by atoms with E-state index < -0.39 is 0 Å². The van der Waals surface area contributed by atoms with Crippen LogP contribution in [-0.2, 0) is 4.74 Å². The molecule has 0 radical (unpaired) electrons. The lowest BCUT2D eigenvalue weighted by atomic mass is 9.64. The number of hydrogen-bond acceptors (Lipinski definition) is 2. The highest BCUT2D eigenvalue weighted by atomic mass is 16.5. The number of hydrogen-bond donors (Lipinski definition) is 1. The van der Waals surface area contributed by atoms with Gasteiger partial charge in [-0.3, -0.25) is 0 Å². The second-order valence-corrected chi connectivity index (χ2v) is 6.97. The Hall–Kier alpha value is -0.340. The lowest BCUT2D eigenvalue weighted by Gasteiger charge is -2.53. The van der Waals surface area contributed by atoms with E-state index in [1.54, 1.807) is 0 Å². The first-order valence-corrected chi connectivity index (χ1v) is 7.52. The van der Waals surface area contributed by atoms with Crippen molar-refractivity contribution in [1.82, 2.24) is 5.32 Å². The summed E-state index contributed by atoms with van der Waals surface area (Å²) in [5, 5.41) is 3.83. The summed E-state index contributed by atoms with van der Waals surface area (Å²) in [5.41, 5.74) is 0.288. The Balaban J connectivity index is 1.77. The van der Waals surface area contributed by atoms with E-state index in [0.717, 1.165) is 6.61 Å². The average molecular weight is 251 g/mol. The number of allylic oxidation sites excluding steroid dienone is 1. The predicted octanol–water partition coefficient (Wildman–Crippen LogP) is 3.52. The van der Waals surface area contributed by atoms with Gasteiger partial charge in [-0.1, -0.05) is 39.8 Å². The molecular formula is C16H29NO. The van der Waals surface area contributed by atoms with Crippen molar-refractivity contribution in [3.8, 4) is 0 Å². The van der Waals surface area contributed by atoms with Gasteiger partial charge in [0.25, 0.3) is 0 Å². The van der Waals surface area contributed by atoms with Crippen LogP contribution in [0.3, 0.4) is 0 Å². The maximum absolute atomic E-state index is 6.02. The van der Waals surface area contributed by atoms with Crippen LogP contribution < -0.4 is 5.32 Å². The van der Waals surface area contributed by atoms with E-state index in [-0.39, 0.29) is 5.41 Å². The third-order valence-corrected chi connectivity index (χ3v) is 4.51. The zero-order valence-electron chi connectivity index (χ0n) is 12.4. The van der Waals surface area contributed by atoms with Crippen LogP contribution in [0.25, 0.3) is 0 Å². The van der Waals surface area contributed by atoms with Crippen LogP contribution in [0.2, 0.25) is 0 Å². The van der Waals surface area contributed by atoms with Crippen molar-refractivity contribution in [3.63, 3.8) is 0 Å². The highest BCUT2D eigenvalue weighted by molar-refractivity contribution is 5.05. The largest absolute Gasteiger partial charge is 0.377 e. The molecular weight excluding hydrogens is 222 g/mol. The van der Waals surface area contributed by atoms with Crippen LogP contribution >= 0.6 is 0 Å². The van der Waals surface area contributed by atoms with Crippen LogP contribution in [0.5, 0.6) is 0 Å². The minimum atomic E-state index is 0.288. The maximum atomic E-state index is 6.02. The lowest BCUT2D eigenvalue weighted by Crippen LogP contribution is -2.63. The van der Waals surface area contributed by atoms with Gasteiger partial charge in [0.05, 0.1) is 6.10 Å². The van der Waals surface area contributed by atoms with Crippen LogP contribution in [0.15, 0.2) is 12.2 Å². The molecule has 2 nitrogen and oxygen atoms in total. The Labute approximate surface area is 112 Å². The molecule has 0 aromatic carbocycles. The standard InChI is InChI=1S/C16H29NO/c1-12(2)11-18-15-10-14(16(15,3)4)17-13-8-6-5-7-9-13/h5-6,12-15,17H,7-11H2,1-4H3. The van der Waals surface area contributed by atoms with E-state index in [2.05, 4.69) is 45.2 Å². The van der Waals surface area contributed by atoms with E-state index >= 15 is 0 Å². The highest BCUT2D eigenvalue weighted by Crippen LogP contribution is 2.43. The molecule has 0 saturated heterocycles. The van der Waals surface area contributed by atoms with Crippen molar-refractivity contribution in [2.75, 3.05) is 6.61 Å². The molecule has 0 aromatic heterocycles. The van der Waals surface area contributed by atoms with E-state index in [9.17, 15) is 0 Å². The van der Waals surface area contributed by atoms with Gasteiger partial charge < -0.3 is 10.1 Å². The molecule has 2 heteroatoms. The third-order valence-electron chi connectivity index (χ3n) is 4.51. The first-order valence-electron chi connectivity index (χ1n) is 7.52. The van der Waals surface area contributed by atoms with Crippen molar-refractivity contribution in [2.45, 2.75) is 71.6 Å². The second kappa shape index (κ2) is 5.75. The van der Waals surface area contributed by atoms with Crippen LogP contribution in [0.4, 0.5) is 0 Å². The Morgan fingerprint density at radius 3 is 2.67 bits per heavy atom. The summed E-state index contributed by atoms with van der Waals surface area (Å²) in [5.74, 6) is 0.635. The van der Waals surface area contributed by atoms with Gasteiger partial charge in [-0.15, -0.1) is 0 Å². The van der Waals surface area contributed by atoms with Gasteiger partial charge >= 0.3 is 0 Å². The molecule has 2 aliphatic carbocycles. The maximum Gasteiger partial charge on any atom is 0.0656 e. The minimum absolute atomic E-state index is 0.288. The highest BCUT2D eigenvalue weighted by Gasteiger charge is 2.49. The summed E-state index contributed by atoms with van der Waals surface area (Å²) in [6, 6.07) is 1.32. The van der Waals surface area contributed by atoms with Gasteiger partial charge in [0, 0.05) is 24.1 Å². The summed E-state index contributed by atoms with van der Waals surface area (Å²) in [6.45, 7) is 10.0. The molecule has 1 N–H and O–H groups in total. The summed E-state index contributed by atoms with van der Waals surface area (Å²) in [4.78, 5) is 0. The van der Waals surface area contributed by atoms with E-state index in [0.29, 0.717) is 24.1 Å². The normalized spacial score (nSPS) is 34.6. The fourth-order valence-corrected chi connectivity index (χ4v) is 2.99. The van der Waals surface area contributed by atoms with Crippen LogP contribution in [0, 0.1) is 11.3 Å². The first kappa shape index (κ1) is 14.1. The smallest absolute Gasteiger partial charge is 0.0656 e. The summed E-state index contributed by atoms with van der Waals surface area (Å²) < 4.78 is 6.02. The van der Waals surface area contributed by atoms with Gasteiger partial charge in [-0.05, 0) is 31.6 Å². The Morgan fingerprint density at radius 2 is 2.11 bits per heavy atom. The number of nitrogens with one attached hydrogen (secondary N) is 1. The molecule has 2 rings (SSSR count). The van der Waals surface area contributed by atoms with Gasteiger partial charge in [0.2, 0.25) is 0 Å². The molecule has 1 fully saturated rings. The molecule has 2 aliphatic rings. The van der Waals surface area contributed by atoms with Crippen molar-refractivity contribution >= 4 is 0 Å². The fourth-order valence-electron chi connectivity index (χ4n) is 2.99. The van der Waals surface area contributed by atoms with Gasteiger partial charge in [-0.25, -0.2) is 0 Å². The quantitative estimate of drug-likeness (QED) is 0.755. The first-order chi connectivity index (χ1) is 8.50. The topological polar surface area (TPSA) is 21.3 Å². The molecule has 0 aromatic rings. The molecule has 104 valence electrons. The average Bonchev–Trinajstić information content (AvgIpc) is 2.33. The van der Waals surface area contributed by atoms with Gasteiger partial charge in [0.15, 0.2) is 0 Å². The zero-order chi connectivity index (χ0) is 13.2. The molecule has 0 spiro atoms. The molecule has 0 amide bonds. The zero-order valence-corrected chi connectivity index (χ0v) is 12.4. The number of rotatable bonds is 5. The minimum Gasteiger partial charge on any atom is -0.377 e. The van der Waals surface area contributed by atoms with E-state index in [4.69, 9.17) is 4.74 Å². The lowest BCUT2D eigenvalue weighted by molar-refractivity contribution is -0.126. The Kier molecular flexibility index (Phi) is 4.50. The molecule has 0 heterocycles. The molecule has 0 aliphatic heterocycles. The summed E-state index contributed by atoms with van der Waals surface area (Å²) in [7, 11) is 0. The van der Waals surface area contributed by atoms with Gasteiger partial charge in [0.1, 0.15) is 0 Å². The molecule has 3 atom stereocenters. The van der Waals surface area contributed by atoms with Gasteiger partial charge in [-0.2, -0.15) is 0 Å². The summed E-state index contributed by atoms with van der Waals surface area (Å²) >= 11 is 0. The summed E-state index contributed by atoms with van der Waals surface area (Å²) in [6.07, 6.45) is 9.97. The SMILES string of the molecule is CC(C)COC1CC(NC2CC=CCC2)C1(C)C. The van der Waals surface area contributed by atoms with Crippen molar-refractivity contribution < 1.29 is 4.74 Å². The molecule has 1 saturated carbocycles. The fraction of sp³-hybridized carbons (Fsp3) is 0.875. The van der Waals surface area contributed by atoms with E-state index in [1.165, 1.54) is 25.7 Å². The number of ether oxygens (including phenoxy) is 1. The predicted molar refractivity (Wildman–Crippen MR) is 76.7 cm³/mol. The second-order valence-electron chi connectivity index (χ2n) is 6.97. The van der Waals surface area contributed by atoms with Crippen LogP contribution in [-0.4, -0.2) is 24.8 Å². The third kappa shape index (κ3) is 3.16.